The van der Waals surface area contributed by atoms with Crippen molar-refractivity contribution >= 4 is 20.0 Å². The average molecular weight is 207 g/mol. The molecule has 0 N–H and O–H groups in total. The molecule has 0 aliphatic heterocycles. The summed E-state index contributed by atoms with van der Waals surface area (Å²) in [6.45, 7) is 4.45. The van der Waals surface area contributed by atoms with Gasteiger partial charge in [-0.3, -0.25) is 4.79 Å². The lowest BCUT2D eigenvalue weighted by molar-refractivity contribution is -0.140. The summed E-state index contributed by atoms with van der Waals surface area (Å²) < 4.78 is 4.92. The molecular weight excluding hydrogens is 192 g/mol. The number of hydrogen-bond donors (Lipinski definition) is 0. The summed E-state index contributed by atoms with van der Waals surface area (Å²) in [5, 5.41) is 1.28. The molecule has 1 aromatic rings. The van der Waals surface area contributed by atoms with Crippen LogP contribution in [0.1, 0.15) is 6.92 Å². The van der Waals surface area contributed by atoms with E-state index < -0.39 is 8.80 Å². The maximum absolute atomic E-state index is 11.2. The fourth-order valence-corrected chi connectivity index (χ4v) is 2.75. The molecule has 14 heavy (non-hydrogen) atoms. The third-order valence-corrected chi connectivity index (χ3v) is 4.12. The van der Waals surface area contributed by atoms with E-state index in [2.05, 4.69) is 18.7 Å². The van der Waals surface area contributed by atoms with Gasteiger partial charge in [0.1, 0.15) is 0 Å². The standard InChI is InChI=1S/C11H15O2Si/c1-3-13-11(12)9-14(2)10-7-5-4-6-8-10/h4-8H,3,9H2,1-2H3. The molecule has 3 heteroatoms. The van der Waals surface area contributed by atoms with Crippen LogP contribution in [-0.4, -0.2) is 21.4 Å². The van der Waals surface area contributed by atoms with Gasteiger partial charge in [0.2, 0.25) is 0 Å². The highest BCUT2D eigenvalue weighted by Gasteiger charge is 2.13. The third-order valence-electron chi connectivity index (χ3n) is 1.98. The number of rotatable bonds is 4. The lowest BCUT2D eigenvalue weighted by Crippen LogP contribution is -2.29. The first-order valence-electron chi connectivity index (χ1n) is 4.77. The summed E-state index contributed by atoms with van der Waals surface area (Å²) in [5.74, 6) is -0.0762. The largest absolute Gasteiger partial charge is 0.466 e. The van der Waals surface area contributed by atoms with Gasteiger partial charge in [-0.25, -0.2) is 0 Å². The van der Waals surface area contributed by atoms with Gasteiger partial charge in [-0.1, -0.05) is 42.1 Å². The van der Waals surface area contributed by atoms with Crippen molar-refractivity contribution in [3.05, 3.63) is 30.3 Å². The molecule has 0 aromatic heterocycles. The van der Waals surface area contributed by atoms with Crippen molar-refractivity contribution < 1.29 is 9.53 Å². The van der Waals surface area contributed by atoms with E-state index in [1.807, 2.05) is 25.1 Å². The number of carbonyl (C=O) groups excluding carboxylic acids is 1. The van der Waals surface area contributed by atoms with Crippen molar-refractivity contribution in [2.24, 2.45) is 0 Å². The Labute approximate surface area is 86.5 Å². The first-order valence-corrected chi connectivity index (χ1v) is 6.98. The van der Waals surface area contributed by atoms with Crippen LogP contribution < -0.4 is 5.19 Å². The second-order valence-corrected chi connectivity index (χ2v) is 5.62. The first kappa shape index (κ1) is 11.0. The SMILES string of the molecule is CCOC(=O)C[Si](C)c1ccccc1. The van der Waals surface area contributed by atoms with Crippen molar-refractivity contribution in [2.45, 2.75) is 19.5 Å². The normalized spacial score (nSPS) is 10.2. The molecule has 0 fully saturated rings. The lowest BCUT2D eigenvalue weighted by atomic mass is 10.4. The van der Waals surface area contributed by atoms with Gasteiger partial charge in [0, 0.05) is 6.04 Å². The van der Waals surface area contributed by atoms with Crippen LogP contribution in [0.4, 0.5) is 0 Å². The highest BCUT2D eigenvalue weighted by molar-refractivity contribution is 6.74. The number of carbonyl (C=O) groups is 1. The Hall–Kier alpha value is -1.09. The quantitative estimate of drug-likeness (QED) is 0.553. The molecule has 1 aromatic carbocycles. The van der Waals surface area contributed by atoms with E-state index in [-0.39, 0.29) is 5.97 Å². The Morgan fingerprint density at radius 1 is 1.36 bits per heavy atom. The van der Waals surface area contributed by atoms with E-state index in [4.69, 9.17) is 4.74 Å². The Bertz CT molecular complexity index is 285. The molecule has 0 heterocycles. The maximum Gasteiger partial charge on any atom is 0.303 e. The molecule has 0 bridgehead atoms. The molecule has 0 atom stereocenters. The lowest BCUT2D eigenvalue weighted by Gasteiger charge is -2.08. The molecule has 75 valence electrons. The van der Waals surface area contributed by atoms with Crippen LogP contribution in [-0.2, 0) is 9.53 Å². The highest BCUT2D eigenvalue weighted by atomic mass is 28.3. The van der Waals surface area contributed by atoms with Gasteiger partial charge in [0.05, 0.1) is 15.4 Å². The minimum absolute atomic E-state index is 0.0762. The summed E-state index contributed by atoms with van der Waals surface area (Å²) in [6.07, 6.45) is 0. The summed E-state index contributed by atoms with van der Waals surface area (Å²) in [7, 11) is -0.763. The molecule has 1 rings (SSSR count). The third kappa shape index (κ3) is 3.34. The van der Waals surface area contributed by atoms with Crippen LogP contribution in [0.25, 0.3) is 0 Å². The molecule has 0 aliphatic carbocycles. The molecule has 1 radical (unpaired) electrons. The Kier molecular flexibility index (Phi) is 4.39. The fourth-order valence-electron chi connectivity index (χ4n) is 1.25. The van der Waals surface area contributed by atoms with E-state index in [1.165, 1.54) is 5.19 Å². The van der Waals surface area contributed by atoms with Crippen LogP contribution >= 0.6 is 0 Å². The predicted octanol–water partition coefficient (Wildman–Crippen LogP) is 1.58. The Morgan fingerprint density at radius 2 is 2.00 bits per heavy atom. The van der Waals surface area contributed by atoms with Crippen LogP contribution in [0, 0.1) is 0 Å². The average Bonchev–Trinajstić information content (AvgIpc) is 2.19. The van der Waals surface area contributed by atoms with Crippen LogP contribution in [0.5, 0.6) is 0 Å². The molecule has 0 saturated heterocycles. The molecule has 0 saturated carbocycles. The van der Waals surface area contributed by atoms with Gasteiger partial charge in [-0.2, -0.15) is 0 Å². The van der Waals surface area contributed by atoms with Crippen LogP contribution in [0.15, 0.2) is 30.3 Å². The van der Waals surface area contributed by atoms with E-state index >= 15 is 0 Å². The molecule has 2 nitrogen and oxygen atoms in total. The smallest absolute Gasteiger partial charge is 0.303 e. The topological polar surface area (TPSA) is 26.3 Å². The summed E-state index contributed by atoms with van der Waals surface area (Å²) in [4.78, 5) is 11.2. The van der Waals surface area contributed by atoms with Gasteiger partial charge in [0.25, 0.3) is 0 Å². The van der Waals surface area contributed by atoms with E-state index in [1.54, 1.807) is 0 Å². The minimum Gasteiger partial charge on any atom is -0.466 e. The second-order valence-electron chi connectivity index (χ2n) is 3.13. The Balaban J connectivity index is 2.50. The zero-order chi connectivity index (χ0) is 10.4. The monoisotopic (exact) mass is 207 g/mol. The molecular formula is C11H15O2Si. The fraction of sp³-hybridized carbons (Fsp3) is 0.364. The van der Waals surface area contributed by atoms with Gasteiger partial charge >= 0.3 is 5.97 Å². The number of benzene rings is 1. The van der Waals surface area contributed by atoms with E-state index in [0.717, 1.165) is 0 Å². The van der Waals surface area contributed by atoms with Crippen LogP contribution in [0.2, 0.25) is 12.6 Å². The van der Waals surface area contributed by atoms with Crippen molar-refractivity contribution in [1.82, 2.24) is 0 Å². The van der Waals surface area contributed by atoms with Crippen molar-refractivity contribution in [3.63, 3.8) is 0 Å². The maximum atomic E-state index is 11.2. The zero-order valence-corrected chi connectivity index (χ0v) is 9.62. The van der Waals surface area contributed by atoms with E-state index in [9.17, 15) is 4.79 Å². The van der Waals surface area contributed by atoms with Crippen molar-refractivity contribution in [3.8, 4) is 0 Å². The number of esters is 1. The molecule has 0 aliphatic rings. The van der Waals surface area contributed by atoms with Crippen molar-refractivity contribution in [2.75, 3.05) is 6.61 Å². The van der Waals surface area contributed by atoms with Crippen molar-refractivity contribution in [1.29, 1.82) is 0 Å². The summed E-state index contributed by atoms with van der Waals surface area (Å²) in [5.41, 5.74) is 0. The minimum atomic E-state index is -0.763. The number of hydrogen-bond acceptors (Lipinski definition) is 2. The van der Waals surface area contributed by atoms with Gasteiger partial charge in [-0.05, 0) is 6.92 Å². The Morgan fingerprint density at radius 3 is 2.57 bits per heavy atom. The van der Waals surface area contributed by atoms with Crippen LogP contribution in [0.3, 0.4) is 0 Å². The van der Waals surface area contributed by atoms with Gasteiger partial charge in [-0.15, -0.1) is 0 Å². The zero-order valence-electron chi connectivity index (χ0n) is 8.62. The summed E-state index contributed by atoms with van der Waals surface area (Å²) >= 11 is 0. The first-order chi connectivity index (χ1) is 6.74. The summed E-state index contributed by atoms with van der Waals surface area (Å²) in [6, 6.07) is 10.7. The molecule has 0 unspecified atom stereocenters. The molecule has 0 spiro atoms. The molecule has 0 amide bonds. The van der Waals surface area contributed by atoms with Gasteiger partial charge in [0.15, 0.2) is 0 Å². The number of ether oxygens (including phenoxy) is 1. The van der Waals surface area contributed by atoms with E-state index in [0.29, 0.717) is 12.7 Å². The highest BCUT2D eigenvalue weighted by Crippen LogP contribution is 1.97. The second kappa shape index (κ2) is 5.60. The predicted molar refractivity (Wildman–Crippen MR) is 59.1 cm³/mol. The van der Waals surface area contributed by atoms with Gasteiger partial charge < -0.3 is 4.74 Å².